The van der Waals surface area contributed by atoms with Gasteiger partial charge in [-0.15, -0.1) is 0 Å². The third-order valence-electron chi connectivity index (χ3n) is 3.58. The Hall–Kier alpha value is -3.49. The van der Waals surface area contributed by atoms with Crippen LogP contribution in [-0.2, 0) is 11.3 Å². The molecular formula is C17H16FN5O3. The summed E-state index contributed by atoms with van der Waals surface area (Å²) in [4.78, 5) is 19.3. The first-order chi connectivity index (χ1) is 12.5. The van der Waals surface area contributed by atoms with Crippen molar-refractivity contribution in [1.82, 2.24) is 19.7 Å². The van der Waals surface area contributed by atoms with E-state index in [1.54, 1.807) is 12.3 Å². The summed E-state index contributed by atoms with van der Waals surface area (Å²) in [6.07, 6.45) is 4.62. The van der Waals surface area contributed by atoms with Gasteiger partial charge in [0.15, 0.2) is 11.6 Å². The van der Waals surface area contributed by atoms with E-state index in [4.69, 9.17) is 9.84 Å². The van der Waals surface area contributed by atoms with Crippen molar-refractivity contribution in [3.8, 4) is 17.0 Å². The number of nitrogens with zero attached hydrogens (tertiary/aromatic N) is 4. The second-order valence-corrected chi connectivity index (χ2v) is 5.52. The molecule has 0 amide bonds. The van der Waals surface area contributed by atoms with Gasteiger partial charge in [-0.2, -0.15) is 5.10 Å². The number of carbonyl (C=O) groups is 1. The third-order valence-corrected chi connectivity index (χ3v) is 3.58. The van der Waals surface area contributed by atoms with Crippen LogP contribution in [-0.4, -0.2) is 37.9 Å². The van der Waals surface area contributed by atoms with Crippen molar-refractivity contribution < 1.29 is 19.0 Å². The largest absolute Gasteiger partial charge is 0.494 e. The molecule has 2 heterocycles. The number of nitrogens with one attached hydrogen (secondary N) is 1. The number of carboxylic acid groups (broad SMARTS) is 1. The summed E-state index contributed by atoms with van der Waals surface area (Å²) in [6.45, 7) is 1.58. The Labute approximate surface area is 148 Å². The molecule has 0 atom stereocenters. The van der Waals surface area contributed by atoms with E-state index in [0.29, 0.717) is 16.9 Å². The minimum Gasteiger partial charge on any atom is -0.494 e. The maximum atomic E-state index is 14.0. The smallest absolute Gasteiger partial charge is 0.325 e. The second-order valence-electron chi connectivity index (χ2n) is 5.52. The first-order valence-electron chi connectivity index (χ1n) is 7.65. The zero-order chi connectivity index (χ0) is 18.7. The highest BCUT2D eigenvalue weighted by Gasteiger charge is 2.11. The summed E-state index contributed by atoms with van der Waals surface area (Å²) in [5.74, 6) is -1.02. The van der Waals surface area contributed by atoms with Crippen LogP contribution in [0.15, 0.2) is 36.8 Å². The molecule has 2 aromatic heterocycles. The quantitative estimate of drug-likeness (QED) is 0.699. The van der Waals surface area contributed by atoms with Gasteiger partial charge in [-0.3, -0.25) is 9.48 Å². The van der Waals surface area contributed by atoms with Gasteiger partial charge in [-0.1, -0.05) is 0 Å². The fourth-order valence-corrected chi connectivity index (χ4v) is 2.39. The number of ether oxygens (including phenoxy) is 1. The summed E-state index contributed by atoms with van der Waals surface area (Å²) < 4.78 is 20.2. The van der Waals surface area contributed by atoms with Gasteiger partial charge in [0.1, 0.15) is 6.54 Å². The molecule has 26 heavy (non-hydrogen) atoms. The minimum absolute atomic E-state index is 0.157. The van der Waals surface area contributed by atoms with E-state index in [1.807, 2.05) is 6.92 Å². The zero-order valence-corrected chi connectivity index (χ0v) is 14.1. The Balaban J connectivity index is 1.87. The number of carboxylic acids is 1. The van der Waals surface area contributed by atoms with E-state index in [0.717, 1.165) is 5.56 Å². The number of benzene rings is 1. The number of hydrogen-bond donors (Lipinski definition) is 2. The van der Waals surface area contributed by atoms with Crippen molar-refractivity contribution >= 4 is 17.6 Å². The number of aryl methyl sites for hydroxylation is 1. The van der Waals surface area contributed by atoms with Crippen LogP contribution in [0.5, 0.6) is 5.75 Å². The van der Waals surface area contributed by atoms with Crippen LogP contribution >= 0.6 is 0 Å². The lowest BCUT2D eigenvalue weighted by Gasteiger charge is -2.09. The normalized spacial score (nSPS) is 10.6. The van der Waals surface area contributed by atoms with Crippen molar-refractivity contribution in [2.24, 2.45) is 0 Å². The lowest BCUT2D eigenvalue weighted by Crippen LogP contribution is -2.08. The number of methoxy groups -OCH3 is 1. The summed E-state index contributed by atoms with van der Waals surface area (Å²) in [5.41, 5.74) is 2.48. The lowest BCUT2D eigenvalue weighted by atomic mass is 10.1. The Bertz CT molecular complexity index is 957. The van der Waals surface area contributed by atoms with Gasteiger partial charge in [0.2, 0.25) is 5.95 Å². The Morgan fingerprint density at radius 1 is 1.38 bits per heavy atom. The molecule has 0 unspecified atom stereocenters. The van der Waals surface area contributed by atoms with Gasteiger partial charge in [0.25, 0.3) is 0 Å². The predicted octanol–water partition coefficient (Wildman–Crippen LogP) is 2.62. The zero-order valence-electron chi connectivity index (χ0n) is 14.1. The Morgan fingerprint density at radius 2 is 2.19 bits per heavy atom. The molecule has 0 saturated heterocycles. The number of halogens is 1. The van der Waals surface area contributed by atoms with Gasteiger partial charge in [-0.25, -0.2) is 14.4 Å². The minimum atomic E-state index is -0.991. The standard InChI is InChI=1S/C17H16FN5O3/c1-10-6-19-17(21-12-7-20-23(8-12)9-15(24)25)22-16(10)11-3-4-14(26-2)13(18)5-11/h3-8H,9H2,1-2H3,(H,24,25)(H,19,21,22). The molecule has 0 bridgehead atoms. The third kappa shape index (κ3) is 3.77. The van der Waals surface area contributed by atoms with E-state index in [2.05, 4.69) is 20.4 Å². The van der Waals surface area contributed by atoms with E-state index < -0.39 is 11.8 Å². The monoisotopic (exact) mass is 357 g/mol. The lowest BCUT2D eigenvalue weighted by molar-refractivity contribution is -0.137. The van der Waals surface area contributed by atoms with E-state index in [1.165, 1.54) is 36.3 Å². The summed E-state index contributed by atoms with van der Waals surface area (Å²) in [7, 11) is 1.40. The Morgan fingerprint density at radius 3 is 2.88 bits per heavy atom. The molecule has 1 aromatic carbocycles. The van der Waals surface area contributed by atoms with Crippen LogP contribution in [0.2, 0.25) is 0 Å². The van der Waals surface area contributed by atoms with Gasteiger partial charge in [0.05, 0.1) is 24.7 Å². The van der Waals surface area contributed by atoms with E-state index in [9.17, 15) is 9.18 Å². The maximum Gasteiger partial charge on any atom is 0.325 e. The number of anilines is 2. The average Bonchev–Trinajstić information content (AvgIpc) is 3.02. The number of aliphatic carboxylic acids is 1. The molecular weight excluding hydrogens is 341 g/mol. The number of rotatable bonds is 6. The van der Waals surface area contributed by atoms with Crippen LogP contribution < -0.4 is 10.1 Å². The van der Waals surface area contributed by atoms with Gasteiger partial charge in [0, 0.05) is 18.0 Å². The summed E-state index contributed by atoms with van der Waals surface area (Å²) in [5, 5.41) is 15.7. The molecule has 3 aromatic rings. The van der Waals surface area contributed by atoms with Crippen LogP contribution in [0.4, 0.5) is 16.0 Å². The number of hydrogen-bond acceptors (Lipinski definition) is 6. The van der Waals surface area contributed by atoms with Crippen molar-refractivity contribution in [3.63, 3.8) is 0 Å². The average molecular weight is 357 g/mol. The van der Waals surface area contributed by atoms with Crippen LogP contribution in [0.25, 0.3) is 11.3 Å². The van der Waals surface area contributed by atoms with Gasteiger partial charge < -0.3 is 15.2 Å². The van der Waals surface area contributed by atoms with Crippen molar-refractivity contribution in [3.05, 3.63) is 48.2 Å². The van der Waals surface area contributed by atoms with Crippen LogP contribution in [0.1, 0.15) is 5.56 Å². The molecule has 0 fully saturated rings. The predicted molar refractivity (Wildman–Crippen MR) is 91.9 cm³/mol. The fraction of sp³-hybridized carbons (Fsp3) is 0.176. The summed E-state index contributed by atoms with van der Waals surface area (Å²) in [6, 6.07) is 4.60. The molecule has 0 aliphatic carbocycles. The molecule has 134 valence electrons. The molecule has 0 radical (unpaired) electrons. The molecule has 3 rings (SSSR count). The maximum absolute atomic E-state index is 14.0. The van der Waals surface area contributed by atoms with E-state index >= 15 is 0 Å². The summed E-state index contributed by atoms with van der Waals surface area (Å²) >= 11 is 0. The van der Waals surface area contributed by atoms with Crippen molar-refractivity contribution in [2.75, 3.05) is 12.4 Å². The van der Waals surface area contributed by atoms with Gasteiger partial charge >= 0.3 is 5.97 Å². The molecule has 0 aliphatic rings. The topological polar surface area (TPSA) is 102 Å². The SMILES string of the molecule is COc1ccc(-c2nc(Nc3cnn(CC(=O)O)c3)ncc2C)cc1F. The fourth-order valence-electron chi connectivity index (χ4n) is 2.39. The molecule has 2 N–H and O–H groups in total. The molecule has 8 nitrogen and oxygen atoms in total. The highest BCUT2D eigenvalue weighted by molar-refractivity contribution is 5.67. The second kappa shape index (κ2) is 7.18. The van der Waals surface area contributed by atoms with Crippen molar-refractivity contribution in [2.45, 2.75) is 13.5 Å². The van der Waals surface area contributed by atoms with Gasteiger partial charge in [-0.05, 0) is 30.7 Å². The van der Waals surface area contributed by atoms with Crippen LogP contribution in [0.3, 0.4) is 0 Å². The first kappa shape index (κ1) is 17.3. The van der Waals surface area contributed by atoms with Crippen LogP contribution in [0, 0.1) is 12.7 Å². The Kier molecular flexibility index (Phi) is 4.78. The first-order valence-corrected chi connectivity index (χ1v) is 7.65. The molecule has 9 heteroatoms. The highest BCUT2D eigenvalue weighted by Crippen LogP contribution is 2.27. The number of aromatic nitrogens is 4. The van der Waals surface area contributed by atoms with E-state index in [-0.39, 0.29) is 18.2 Å². The highest BCUT2D eigenvalue weighted by atomic mass is 19.1. The molecule has 0 saturated carbocycles. The molecule has 0 spiro atoms. The van der Waals surface area contributed by atoms with Crippen molar-refractivity contribution in [1.29, 1.82) is 0 Å². The molecule has 0 aliphatic heterocycles.